The number of rotatable bonds is 9. The maximum Gasteiger partial charge on any atom is 0.258 e. The fraction of sp³-hybridized carbons (Fsp3) is 0.400. The Hall–Kier alpha value is -2.08. The largest absolute Gasteiger partial charge is 0.484 e. The number of hydrogen-bond donors (Lipinski definition) is 2. The van der Waals surface area contributed by atoms with E-state index in [0.29, 0.717) is 23.9 Å². The number of Topliss-reactive ketones (excluding diaryl/α,β-unsaturated/α-hetero) is 1. The number of amides is 2. The molecule has 1 rings (SSSR count). The number of ether oxygens (including phenoxy) is 1. The van der Waals surface area contributed by atoms with Gasteiger partial charge in [-0.25, -0.2) is 0 Å². The van der Waals surface area contributed by atoms with E-state index in [1.54, 1.807) is 24.3 Å². The quantitative estimate of drug-likeness (QED) is 0.670. The number of carbonyl (C=O) groups excluding carboxylic acids is 3. The first kappa shape index (κ1) is 18.0. The van der Waals surface area contributed by atoms with Gasteiger partial charge >= 0.3 is 0 Å². The summed E-state index contributed by atoms with van der Waals surface area (Å²) in [6.07, 6.45) is 0.399. The molecule has 7 heteroatoms. The maximum atomic E-state index is 11.5. The van der Waals surface area contributed by atoms with Gasteiger partial charge in [-0.1, -0.05) is 11.6 Å². The number of halogens is 1. The lowest BCUT2D eigenvalue weighted by molar-refractivity contribution is -0.125. The number of nitrogens with one attached hydrogen (secondary N) is 2. The van der Waals surface area contributed by atoms with Gasteiger partial charge in [-0.15, -0.1) is 0 Å². The summed E-state index contributed by atoms with van der Waals surface area (Å²) in [5, 5.41) is 5.82. The molecule has 0 fully saturated rings. The first-order chi connectivity index (χ1) is 10.5. The first-order valence-electron chi connectivity index (χ1n) is 6.88. The van der Waals surface area contributed by atoms with Gasteiger partial charge in [-0.3, -0.25) is 9.59 Å². The van der Waals surface area contributed by atoms with E-state index >= 15 is 0 Å². The Kier molecular flexibility index (Phi) is 7.99. The molecule has 22 heavy (non-hydrogen) atoms. The summed E-state index contributed by atoms with van der Waals surface area (Å²) in [4.78, 5) is 33.6. The normalized spacial score (nSPS) is 9.91. The lowest BCUT2D eigenvalue weighted by Crippen LogP contribution is -2.36. The highest BCUT2D eigenvalue weighted by molar-refractivity contribution is 6.30. The Morgan fingerprint density at radius 3 is 2.18 bits per heavy atom. The molecular formula is C15H19ClN2O4. The molecule has 2 N–H and O–H groups in total. The zero-order chi connectivity index (χ0) is 16.4. The summed E-state index contributed by atoms with van der Waals surface area (Å²) in [5.74, 6) is 0.0367. The summed E-state index contributed by atoms with van der Waals surface area (Å²) in [6.45, 7) is 1.94. The SMILES string of the molecule is CC(=O)CCC(=O)NCCNC(=O)COc1ccc(Cl)cc1. The van der Waals surface area contributed by atoms with E-state index in [1.807, 2.05) is 0 Å². The predicted octanol–water partition coefficient (Wildman–Crippen LogP) is 1.32. The van der Waals surface area contributed by atoms with Crippen molar-refractivity contribution in [1.82, 2.24) is 10.6 Å². The van der Waals surface area contributed by atoms with E-state index in [-0.39, 0.29) is 37.0 Å². The van der Waals surface area contributed by atoms with Crippen LogP contribution in [-0.2, 0) is 14.4 Å². The fourth-order valence-corrected chi connectivity index (χ4v) is 1.64. The molecule has 0 aliphatic carbocycles. The van der Waals surface area contributed by atoms with Gasteiger partial charge in [-0.2, -0.15) is 0 Å². The second-order valence-corrected chi connectivity index (χ2v) is 5.08. The molecule has 0 saturated heterocycles. The van der Waals surface area contributed by atoms with Crippen LogP contribution in [0.25, 0.3) is 0 Å². The van der Waals surface area contributed by atoms with Crippen molar-refractivity contribution in [2.24, 2.45) is 0 Å². The molecular weight excluding hydrogens is 308 g/mol. The standard InChI is InChI=1S/C15H19ClN2O4/c1-11(19)2-7-14(20)17-8-9-18-15(21)10-22-13-5-3-12(16)4-6-13/h3-6H,2,7-10H2,1H3,(H,17,20)(H,18,21). The Bertz CT molecular complexity index is 517. The zero-order valence-corrected chi connectivity index (χ0v) is 13.1. The Balaban J connectivity index is 2.09. The van der Waals surface area contributed by atoms with Crippen LogP contribution in [0.15, 0.2) is 24.3 Å². The number of ketones is 1. The van der Waals surface area contributed by atoms with Gasteiger partial charge in [0.25, 0.3) is 5.91 Å². The predicted molar refractivity (Wildman–Crippen MR) is 82.9 cm³/mol. The van der Waals surface area contributed by atoms with Crippen molar-refractivity contribution in [3.8, 4) is 5.75 Å². The molecule has 0 aliphatic rings. The van der Waals surface area contributed by atoms with Crippen molar-refractivity contribution in [2.45, 2.75) is 19.8 Å². The Morgan fingerprint density at radius 2 is 1.59 bits per heavy atom. The van der Waals surface area contributed by atoms with E-state index in [1.165, 1.54) is 6.92 Å². The first-order valence-corrected chi connectivity index (χ1v) is 7.26. The van der Waals surface area contributed by atoms with Crippen molar-refractivity contribution in [3.63, 3.8) is 0 Å². The highest BCUT2D eigenvalue weighted by Gasteiger charge is 2.04. The molecule has 0 spiro atoms. The Labute approximate surface area is 134 Å². The maximum absolute atomic E-state index is 11.5. The van der Waals surface area contributed by atoms with Crippen LogP contribution in [0, 0.1) is 0 Å². The molecule has 6 nitrogen and oxygen atoms in total. The van der Waals surface area contributed by atoms with Gasteiger partial charge in [0.1, 0.15) is 11.5 Å². The van der Waals surface area contributed by atoms with E-state index in [9.17, 15) is 14.4 Å². The van der Waals surface area contributed by atoms with E-state index in [0.717, 1.165) is 0 Å². The van der Waals surface area contributed by atoms with Gasteiger partial charge < -0.3 is 20.2 Å². The van der Waals surface area contributed by atoms with Gasteiger partial charge in [0.05, 0.1) is 0 Å². The molecule has 1 aromatic carbocycles. The van der Waals surface area contributed by atoms with Gasteiger partial charge in [0.2, 0.25) is 5.91 Å². The van der Waals surface area contributed by atoms with E-state index in [2.05, 4.69) is 10.6 Å². The summed E-state index contributed by atoms with van der Waals surface area (Å²) >= 11 is 5.74. The van der Waals surface area contributed by atoms with Crippen LogP contribution in [0.2, 0.25) is 5.02 Å². The van der Waals surface area contributed by atoms with Crippen molar-refractivity contribution in [2.75, 3.05) is 19.7 Å². The van der Waals surface area contributed by atoms with Crippen molar-refractivity contribution >= 4 is 29.2 Å². The van der Waals surface area contributed by atoms with Crippen LogP contribution >= 0.6 is 11.6 Å². The molecule has 1 aromatic rings. The molecule has 0 unspecified atom stereocenters. The summed E-state index contributed by atoms with van der Waals surface area (Å²) in [7, 11) is 0. The van der Waals surface area contributed by atoms with Crippen molar-refractivity contribution < 1.29 is 19.1 Å². The molecule has 120 valence electrons. The van der Waals surface area contributed by atoms with Crippen molar-refractivity contribution in [1.29, 1.82) is 0 Å². The minimum Gasteiger partial charge on any atom is -0.484 e. The third kappa shape index (κ3) is 8.26. The number of hydrogen-bond acceptors (Lipinski definition) is 4. The summed E-state index contributed by atoms with van der Waals surface area (Å²) < 4.78 is 5.27. The molecule has 0 heterocycles. The molecule has 0 aliphatic heterocycles. The number of carbonyl (C=O) groups is 3. The van der Waals surface area contributed by atoms with Crippen molar-refractivity contribution in [3.05, 3.63) is 29.3 Å². The summed E-state index contributed by atoms with van der Waals surface area (Å²) in [5.41, 5.74) is 0. The van der Waals surface area contributed by atoms with Gasteiger partial charge in [0, 0.05) is 31.0 Å². The molecule has 0 atom stereocenters. The van der Waals surface area contributed by atoms with Crippen LogP contribution in [0.5, 0.6) is 5.75 Å². The topological polar surface area (TPSA) is 84.5 Å². The molecule has 0 radical (unpaired) electrons. The lowest BCUT2D eigenvalue weighted by atomic mass is 10.2. The average molecular weight is 327 g/mol. The van der Waals surface area contributed by atoms with Crippen LogP contribution < -0.4 is 15.4 Å². The number of benzene rings is 1. The van der Waals surface area contributed by atoms with Crippen LogP contribution in [0.3, 0.4) is 0 Å². The third-order valence-electron chi connectivity index (χ3n) is 2.66. The summed E-state index contributed by atoms with van der Waals surface area (Å²) in [6, 6.07) is 6.69. The Morgan fingerprint density at radius 1 is 1.00 bits per heavy atom. The molecule has 0 aromatic heterocycles. The minimum atomic E-state index is -0.284. The fourth-order valence-electron chi connectivity index (χ4n) is 1.51. The molecule has 2 amide bonds. The molecule has 0 saturated carbocycles. The van der Waals surface area contributed by atoms with Crippen LogP contribution in [-0.4, -0.2) is 37.3 Å². The average Bonchev–Trinajstić information content (AvgIpc) is 2.49. The second kappa shape index (κ2) is 9.78. The zero-order valence-electron chi connectivity index (χ0n) is 12.4. The van der Waals surface area contributed by atoms with Crippen LogP contribution in [0.4, 0.5) is 0 Å². The minimum absolute atomic E-state index is 0.0252. The van der Waals surface area contributed by atoms with E-state index < -0.39 is 0 Å². The monoisotopic (exact) mass is 326 g/mol. The highest BCUT2D eigenvalue weighted by Crippen LogP contribution is 2.15. The lowest BCUT2D eigenvalue weighted by Gasteiger charge is -2.08. The third-order valence-corrected chi connectivity index (χ3v) is 2.91. The second-order valence-electron chi connectivity index (χ2n) is 4.64. The smallest absolute Gasteiger partial charge is 0.258 e. The van der Waals surface area contributed by atoms with Gasteiger partial charge in [0.15, 0.2) is 6.61 Å². The van der Waals surface area contributed by atoms with E-state index in [4.69, 9.17) is 16.3 Å². The van der Waals surface area contributed by atoms with Crippen LogP contribution in [0.1, 0.15) is 19.8 Å². The van der Waals surface area contributed by atoms with Gasteiger partial charge in [-0.05, 0) is 31.2 Å². The molecule has 0 bridgehead atoms. The highest BCUT2D eigenvalue weighted by atomic mass is 35.5.